The van der Waals surface area contributed by atoms with E-state index in [0.29, 0.717) is 28.4 Å². The van der Waals surface area contributed by atoms with E-state index in [1.54, 1.807) is 48.5 Å². The van der Waals surface area contributed by atoms with Crippen molar-refractivity contribution in [2.45, 2.75) is 40.2 Å². The summed E-state index contributed by atoms with van der Waals surface area (Å²) >= 11 is 6.08. The van der Waals surface area contributed by atoms with Crippen LogP contribution >= 0.6 is 11.6 Å². The summed E-state index contributed by atoms with van der Waals surface area (Å²) in [5, 5.41) is 8.72. The molecule has 0 saturated heterocycles. The predicted molar refractivity (Wildman–Crippen MR) is 121 cm³/mol. The molecule has 2 rings (SSSR count). The molecule has 2 aromatic carbocycles. The molecule has 1 unspecified atom stereocenters. The number of carbonyl (C=O) groups excluding carboxylic acids is 3. The first-order chi connectivity index (χ1) is 14.2. The molecule has 0 aromatic heterocycles. The Morgan fingerprint density at radius 2 is 1.43 bits per heavy atom. The van der Waals surface area contributed by atoms with Crippen LogP contribution in [0, 0.1) is 11.8 Å². The number of halogens is 1. The molecule has 3 N–H and O–H groups in total. The molecule has 0 bridgehead atoms. The molecule has 160 valence electrons. The number of hydrogen-bond donors (Lipinski definition) is 3. The summed E-state index contributed by atoms with van der Waals surface area (Å²) in [4.78, 5) is 37.2. The molecule has 0 heterocycles. The molecule has 0 aliphatic carbocycles. The summed E-state index contributed by atoms with van der Waals surface area (Å²) in [6, 6.07) is 12.8. The van der Waals surface area contributed by atoms with E-state index in [4.69, 9.17) is 11.6 Å². The molecule has 0 saturated carbocycles. The number of benzene rings is 2. The second-order valence-corrected chi connectivity index (χ2v) is 8.29. The molecule has 0 aliphatic heterocycles. The van der Waals surface area contributed by atoms with Gasteiger partial charge in [-0.3, -0.25) is 14.4 Å². The van der Waals surface area contributed by atoms with Gasteiger partial charge in [0.05, 0.1) is 10.6 Å². The first-order valence-corrected chi connectivity index (χ1v) is 10.3. The Kier molecular flexibility index (Phi) is 8.42. The van der Waals surface area contributed by atoms with E-state index in [1.165, 1.54) is 0 Å². The molecule has 3 amide bonds. The van der Waals surface area contributed by atoms with Crippen LogP contribution in [0.3, 0.4) is 0 Å². The molecule has 30 heavy (non-hydrogen) atoms. The average Bonchev–Trinajstić information content (AvgIpc) is 2.66. The number of nitrogens with one attached hydrogen (secondary N) is 3. The number of carbonyl (C=O) groups is 3. The third kappa shape index (κ3) is 6.88. The van der Waals surface area contributed by atoms with Crippen LogP contribution in [0.25, 0.3) is 0 Å². The van der Waals surface area contributed by atoms with E-state index >= 15 is 0 Å². The van der Waals surface area contributed by atoms with Crippen molar-refractivity contribution in [3.05, 3.63) is 59.1 Å². The average molecular weight is 430 g/mol. The van der Waals surface area contributed by atoms with Crippen molar-refractivity contribution in [1.29, 1.82) is 0 Å². The summed E-state index contributed by atoms with van der Waals surface area (Å²) < 4.78 is 0. The Hall–Kier alpha value is -2.86. The fourth-order valence-electron chi connectivity index (χ4n) is 2.84. The number of amides is 3. The van der Waals surface area contributed by atoms with Gasteiger partial charge in [-0.15, -0.1) is 0 Å². The van der Waals surface area contributed by atoms with E-state index < -0.39 is 11.9 Å². The Labute approximate surface area is 182 Å². The lowest BCUT2D eigenvalue weighted by atomic mass is 10.0. The van der Waals surface area contributed by atoms with Gasteiger partial charge in [-0.25, -0.2) is 0 Å². The lowest BCUT2D eigenvalue weighted by molar-refractivity contribution is -0.119. The highest BCUT2D eigenvalue weighted by molar-refractivity contribution is 6.33. The molecule has 1 atom stereocenters. The third-order valence-corrected chi connectivity index (χ3v) is 4.71. The minimum atomic E-state index is -0.737. The number of anilines is 2. The van der Waals surface area contributed by atoms with Gasteiger partial charge in [-0.1, -0.05) is 51.4 Å². The molecular weight excluding hydrogens is 402 g/mol. The number of hydrogen-bond acceptors (Lipinski definition) is 3. The van der Waals surface area contributed by atoms with Gasteiger partial charge in [0.15, 0.2) is 0 Å². The van der Waals surface area contributed by atoms with Crippen LogP contribution in [-0.4, -0.2) is 23.8 Å². The zero-order valence-electron chi connectivity index (χ0n) is 17.7. The van der Waals surface area contributed by atoms with Crippen molar-refractivity contribution in [2.24, 2.45) is 11.8 Å². The van der Waals surface area contributed by atoms with Crippen LogP contribution in [-0.2, 0) is 9.59 Å². The van der Waals surface area contributed by atoms with Crippen LogP contribution in [0.5, 0.6) is 0 Å². The highest BCUT2D eigenvalue weighted by Crippen LogP contribution is 2.18. The largest absolute Gasteiger partial charge is 0.340 e. The second-order valence-electron chi connectivity index (χ2n) is 7.89. The Morgan fingerprint density at radius 1 is 0.867 bits per heavy atom. The first-order valence-electron chi connectivity index (χ1n) is 9.93. The molecular formula is C23H28ClN3O3. The molecule has 7 heteroatoms. The summed E-state index contributed by atoms with van der Waals surface area (Å²) in [6.07, 6.45) is 0.444. The van der Waals surface area contributed by atoms with E-state index in [-0.39, 0.29) is 23.7 Å². The van der Waals surface area contributed by atoms with Crippen molar-refractivity contribution >= 4 is 40.7 Å². The topological polar surface area (TPSA) is 87.3 Å². The molecule has 0 fully saturated rings. The molecule has 6 nitrogen and oxygen atoms in total. The van der Waals surface area contributed by atoms with Crippen molar-refractivity contribution in [3.8, 4) is 0 Å². The Bertz CT molecular complexity index is 895. The first kappa shape index (κ1) is 23.4. The lowest BCUT2D eigenvalue weighted by Crippen LogP contribution is -2.47. The smallest absolute Gasteiger partial charge is 0.253 e. The zero-order valence-corrected chi connectivity index (χ0v) is 18.4. The fraction of sp³-hybridized carbons (Fsp3) is 0.348. The van der Waals surface area contributed by atoms with Gasteiger partial charge in [-0.2, -0.15) is 0 Å². The van der Waals surface area contributed by atoms with Crippen molar-refractivity contribution in [3.63, 3.8) is 0 Å². The lowest BCUT2D eigenvalue weighted by Gasteiger charge is -2.22. The van der Waals surface area contributed by atoms with Crippen LogP contribution in [0.1, 0.15) is 44.5 Å². The molecule has 2 aromatic rings. The monoisotopic (exact) mass is 429 g/mol. The zero-order chi connectivity index (χ0) is 22.3. The highest BCUT2D eigenvalue weighted by atomic mass is 35.5. The van der Waals surface area contributed by atoms with Crippen molar-refractivity contribution in [1.82, 2.24) is 5.32 Å². The molecule has 0 aliphatic rings. The minimum absolute atomic E-state index is 0.0519. The van der Waals surface area contributed by atoms with Crippen molar-refractivity contribution < 1.29 is 14.4 Å². The van der Waals surface area contributed by atoms with E-state index in [0.717, 1.165) is 0 Å². The van der Waals surface area contributed by atoms with Gasteiger partial charge >= 0.3 is 0 Å². The van der Waals surface area contributed by atoms with Gasteiger partial charge in [0.25, 0.3) is 5.91 Å². The second kappa shape index (κ2) is 10.8. The maximum Gasteiger partial charge on any atom is 0.253 e. The minimum Gasteiger partial charge on any atom is -0.340 e. The van der Waals surface area contributed by atoms with Crippen LogP contribution in [0.2, 0.25) is 5.02 Å². The van der Waals surface area contributed by atoms with Gasteiger partial charge in [0.1, 0.15) is 6.04 Å². The van der Waals surface area contributed by atoms with Gasteiger partial charge in [0, 0.05) is 17.8 Å². The van der Waals surface area contributed by atoms with Crippen LogP contribution in [0.4, 0.5) is 11.4 Å². The normalized spacial score (nSPS) is 11.8. The summed E-state index contributed by atoms with van der Waals surface area (Å²) in [6.45, 7) is 7.66. The fourth-order valence-corrected chi connectivity index (χ4v) is 3.06. The van der Waals surface area contributed by atoms with Crippen LogP contribution < -0.4 is 16.0 Å². The predicted octanol–water partition coefficient (Wildman–Crippen LogP) is 4.72. The summed E-state index contributed by atoms with van der Waals surface area (Å²) in [5.74, 6) is -0.646. The van der Waals surface area contributed by atoms with E-state index in [2.05, 4.69) is 16.0 Å². The molecule has 0 radical (unpaired) electrons. The quantitative estimate of drug-likeness (QED) is 0.567. The van der Waals surface area contributed by atoms with Crippen molar-refractivity contribution in [2.75, 3.05) is 10.6 Å². The number of rotatable bonds is 8. The van der Waals surface area contributed by atoms with Gasteiger partial charge in [0.2, 0.25) is 11.8 Å². The van der Waals surface area contributed by atoms with Crippen LogP contribution in [0.15, 0.2) is 48.5 Å². The molecule has 0 spiro atoms. The third-order valence-electron chi connectivity index (χ3n) is 4.38. The maximum atomic E-state index is 12.8. The van der Waals surface area contributed by atoms with Gasteiger partial charge in [-0.05, 0) is 48.2 Å². The Morgan fingerprint density at radius 3 is 1.97 bits per heavy atom. The Balaban J connectivity index is 2.02. The SMILES string of the molecule is CC(C)CC(=O)Nc1ccc(NC(=O)C(NC(=O)c2ccccc2Cl)C(C)C)cc1. The van der Waals surface area contributed by atoms with E-state index in [1.807, 2.05) is 27.7 Å². The van der Waals surface area contributed by atoms with Gasteiger partial charge < -0.3 is 16.0 Å². The summed E-state index contributed by atoms with van der Waals surface area (Å²) in [5.41, 5.74) is 1.55. The summed E-state index contributed by atoms with van der Waals surface area (Å²) in [7, 11) is 0. The highest BCUT2D eigenvalue weighted by Gasteiger charge is 2.25. The van der Waals surface area contributed by atoms with E-state index in [9.17, 15) is 14.4 Å². The standard InChI is InChI=1S/C23H28ClN3O3/c1-14(2)13-20(28)25-16-9-11-17(12-10-16)26-23(30)21(15(3)4)27-22(29)18-7-5-6-8-19(18)24/h5-12,14-15,21H,13H2,1-4H3,(H,25,28)(H,26,30)(H,27,29). The maximum absolute atomic E-state index is 12.8.